The average molecular weight is 273 g/mol. The molecule has 0 spiro atoms. The molecule has 0 radical (unpaired) electrons. The van der Waals surface area contributed by atoms with E-state index in [1.165, 1.54) is 4.57 Å². The third kappa shape index (κ3) is 4.23. The molecule has 0 aliphatic rings. The second kappa shape index (κ2) is 8.15. The summed E-state index contributed by atoms with van der Waals surface area (Å²) < 4.78 is 1.51. The fourth-order valence-corrected chi connectivity index (χ4v) is 1.72. The van der Waals surface area contributed by atoms with Gasteiger partial charge in [0.25, 0.3) is 0 Å². The van der Waals surface area contributed by atoms with Crippen molar-refractivity contribution in [2.24, 2.45) is 0 Å². The fourth-order valence-electron chi connectivity index (χ4n) is 1.72. The zero-order valence-corrected chi connectivity index (χ0v) is 12.5. The molecule has 0 unspecified atom stereocenters. The molecule has 0 aromatic carbocycles. The molecule has 0 fully saturated rings. The van der Waals surface area contributed by atoms with Gasteiger partial charge in [-0.25, -0.2) is 9.78 Å². The van der Waals surface area contributed by atoms with E-state index in [9.17, 15) is 4.79 Å². The van der Waals surface area contributed by atoms with Crippen LogP contribution in [-0.4, -0.2) is 34.1 Å². The van der Waals surface area contributed by atoms with Crippen LogP contribution in [-0.2, 0) is 0 Å². The number of carbonyl (C=O) groups is 1. The van der Waals surface area contributed by atoms with Crippen LogP contribution in [0.5, 0.6) is 0 Å². The highest BCUT2D eigenvalue weighted by Crippen LogP contribution is 2.13. The highest BCUT2D eigenvalue weighted by atomic mass is 16.2. The molecule has 1 aromatic heterocycles. The molecule has 1 aromatic rings. The van der Waals surface area contributed by atoms with Crippen molar-refractivity contribution in [2.45, 2.75) is 26.7 Å². The molecule has 1 heterocycles. The first-order chi connectivity index (χ1) is 9.63. The van der Waals surface area contributed by atoms with Gasteiger partial charge in [0.1, 0.15) is 6.33 Å². The first-order valence-electron chi connectivity index (χ1n) is 6.89. The van der Waals surface area contributed by atoms with Gasteiger partial charge in [-0.1, -0.05) is 44.2 Å². The molecule has 0 atom stereocenters. The molecule has 20 heavy (non-hydrogen) atoms. The molecule has 0 saturated carbocycles. The summed E-state index contributed by atoms with van der Waals surface area (Å²) in [4.78, 5) is 18.2. The maximum atomic E-state index is 12.2. The molecule has 4 nitrogen and oxygen atoms in total. The monoisotopic (exact) mass is 273 g/mol. The van der Waals surface area contributed by atoms with E-state index in [0.29, 0.717) is 0 Å². The number of aromatic nitrogens is 2. The Labute approximate surface area is 121 Å². The lowest BCUT2D eigenvalue weighted by Crippen LogP contribution is -2.31. The Bertz CT molecular complexity index is 512. The third-order valence-corrected chi connectivity index (χ3v) is 2.96. The van der Waals surface area contributed by atoms with E-state index >= 15 is 0 Å². The summed E-state index contributed by atoms with van der Waals surface area (Å²) in [5.41, 5.74) is 1.64. The van der Waals surface area contributed by atoms with Gasteiger partial charge in [-0.3, -0.25) is 4.57 Å². The van der Waals surface area contributed by atoms with Gasteiger partial charge in [0.2, 0.25) is 0 Å². The molecule has 0 saturated heterocycles. The van der Waals surface area contributed by atoms with E-state index < -0.39 is 0 Å². The number of amides is 1. The van der Waals surface area contributed by atoms with Crippen LogP contribution < -0.4 is 0 Å². The maximum Gasteiger partial charge on any atom is 0.329 e. The van der Waals surface area contributed by atoms with Crippen molar-refractivity contribution in [1.82, 2.24) is 14.5 Å². The lowest BCUT2D eigenvalue weighted by atomic mass is 10.2. The van der Waals surface area contributed by atoms with Gasteiger partial charge >= 0.3 is 6.03 Å². The van der Waals surface area contributed by atoms with Crippen molar-refractivity contribution >= 4 is 11.6 Å². The quantitative estimate of drug-likeness (QED) is 0.741. The number of imidazole rings is 1. The summed E-state index contributed by atoms with van der Waals surface area (Å²) in [5, 5.41) is 0. The van der Waals surface area contributed by atoms with Gasteiger partial charge in [0, 0.05) is 25.4 Å². The van der Waals surface area contributed by atoms with Gasteiger partial charge in [-0.05, 0) is 13.3 Å². The lowest BCUT2D eigenvalue weighted by Gasteiger charge is -2.16. The van der Waals surface area contributed by atoms with Crippen molar-refractivity contribution in [1.29, 1.82) is 0 Å². The number of hydrogen-bond donors (Lipinski definition) is 0. The minimum Gasteiger partial charge on any atom is -0.327 e. The summed E-state index contributed by atoms with van der Waals surface area (Å²) in [5.74, 6) is 0. The number of unbranched alkanes of at least 4 members (excludes halogenated alkanes) is 1. The van der Waals surface area contributed by atoms with Gasteiger partial charge in [-0.15, -0.1) is 0 Å². The van der Waals surface area contributed by atoms with Gasteiger partial charge < -0.3 is 4.90 Å². The Morgan fingerprint density at radius 1 is 1.55 bits per heavy atom. The van der Waals surface area contributed by atoms with Gasteiger partial charge in [-0.2, -0.15) is 0 Å². The van der Waals surface area contributed by atoms with Crippen LogP contribution in [0.4, 0.5) is 4.79 Å². The van der Waals surface area contributed by atoms with E-state index in [1.807, 2.05) is 32.2 Å². The number of carbonyl (C=O) groups excluding carboxylic acids is 1. The van der Waals surface area contributed by atoms with Gasteiger partial charge in [0.05, 0.1) is 5.69 Å². The molecular weight excluding hydrogens is 250 g/mol. The average Bonchev–Trinajstić information content (AvgIpc) is 2.94. The summed E-state index contributed by atoms with van der Waals surface area (Å²) in [6.45, 7) is 8.58. The van der Waals surface area contributed by atoms with E-state index in [2.05, 4.69) is 18.5 Å². The standard InChI is InChI=1S/C16H23N3O/c1-5-8-10-14(7-3)15-12-19(13-17-15)16(20)18(4)11-9-6-2/h5,7-8,10,12-13H,3,6,9,11H2,1-2,4H3/b8-5-,14-10+. The SMILES string of the molecule is C=C/C(=C\C=C/C)c1cn(C(=O)N(C)CCCC)cn1. The van der Waals surface area contributed by atoms with E-state index in [1.54, 1.807) is 23.5 Å². The van der Waals surface area contributed by atoms with Crippen LogP contribution in [0.1, 0.15) is 32.4 Å². The Hall–Kier alpha value is -2.10. The summed E-state index contributed by atoms with van der Waals surface area (Å²) in [6.07, 6.45) is 12.9. The Kier molecular flexibility index (Phi) is 6.50. The molecule has 0 aliphatic heterocycles. The minimum absolute atomic E-state index is 0.0633. The van der Waals surface area contributed by atoms with Crippen LogP contribution in [0.15, 0.2) is 43.4 Å². The van der Waals surface area contributed by atoms with Crippen LogP contribution in [0.2, 0.25) is 0 Å². The topological polar surface area (TPSA) is 38.1 Å². The molecule has 0 bridgehead atoms. The molecular formula is C16H23N3O. The fraction of sp³-hybridized carbons (Fsp3) is 0.375. The summed E-state index contributed by atoms with van der Waals surface area (Å²) >= 11 is 0. The van der Waals surface area contributed by atoms with E-state index in [4.69, 9.17) is 0 Å². The van der Waals surface area contributed by atoms with Crippen LogP contribution in [0.25, 0.3) is 5.57 Å². The molecule has 1 rings (SSSR count). The number of nitrogens with zero attached hydrogens (tertiary/aromatic N) is 3. The normalized spacial score (nSPS) is 11.8. The number of rotatable bonds is 6. The molecule has 108 valence electrons. The molecule has 0 N–H and O–H groups in total. The smallest absolute Gasteiger partial charge is 0.327 e. The predicted molar refractivity (Wildman–Crippen MR) is 83.5 cm³/mol. The first kappa shape index (κ1) is 16.0. The first-order valence-corrected chi connectivity index (χ1v) is 6.89. The Morgan fingerprint density at radius 3 is 2.90 bits per heavy atom. The predicted octanol–water partition coefficient (Wildman–Crippen LogP) is 3.73. The largest absolute Gasteiger partial charge is 0.329 e. The lowest BCUT2D eigenvalue weighted by molar-refractivity contribution is 0.210. The van der Waals surface area contributed by atoms with Crippen LogP contribution >= 0.6 is 0 Å². The van der Waals surface area contributed by atoms with Crippen molar-refractivity contribution in [3.63, 3.8) is 0 Å². The zero-order chi connectivity index (χ0) is 15.0. The zero-order valence-electron chi connectivity index (χ0n) is 12.5. The third-order valence-electron chi connectivity index (χ3n) is 2.96. The summed E-state index contributed by atoms with van der Waals surface area (Å²) in [6, 6.07) is -0.0633. The van der Waals surface area contributed by atoms with Crippen molar-refractivity contribution in [2.75, 3.05) is 13.6 Å². The molecule has 0 aliphatic carbocycles. The number of allylic oxidation sites excluding steroid dienone is 5. The van der Waals surface area contributed by atoms with E-state index in [0.717, 1.165) is 30.7 Å². The Morgan fingerprint density at radius 2 is 2.30 bits per heavy atom. The van der Waals surface area contributed by atoms with E-state index in [-0.39, 0.29) is 6.03 Å². The summed E-state index contributed by atoms with van der Waals surface area (Å²) in [7, 11) is 1.81. The highest BCUT2D eigenvalue weighted by molar-refractivity contribution is 5.79. The highest BCUT2D eigenvalue weighted by Gasteiger charge is 2.12. The molecule has 4 heteroatoms. The van der Waals surface area contributed by atoms with Crippen LogP contribution in [0, 0.1) is 0 Å². The van der Waals surface area contributed by atoms with Crippen molar-refractivity contribution in [3.05, 3.63) is 49.1 Å². The van der Waals surface area contributed by atoms with Crippen LogP contribution in [0.3, 0.4) is 0 Å². The number of hydrogen-bond acceptors (Lipinski definition) is 2. The van der Waals surface area contributed by atoms with Crippen molar-refractivity contribution in [3.8, 4) is 0 Å². The minimum atomic E-state index is -0.0633. The second-order valence-electron chi connectivity index (χ2n) is 4.58. The molecule has 1 amide bonds. The second-order valence-corrected chi connectivity index (χ2v) is 4.58. The maximum absolute atomic E-state index is 12.2. The Balaban J connectivity index is 2.85. The van der Waals surface area contributed by atoms with Gasteiger partial charge in [0.15, 0.2) is 0 Å². The van der Waals surface area contributed by atoms with Crippen molar-refractivity contribution < 1.29 is 4.79 Å².